The molecule has 2 fully saturated rings. The van der Waals surface area contributed by atoms with Crippen LogP contribution >= 0.6 is 0 Å². The van der Waals surface area contributed by atoms with Gasteiger partial charge >= 0.3 is 0 Å². The molecule has 1 aromatic rings. The van der Waals surface area contributed by atoms with Crippen molar-refractivity contribution in [2.24, 2.45) is 5.73 Å². The molecule has 2 aliphatic rings. The van der Waals surface area contributed by atoms with E-state index in [4.69, 9.17) is 5.73 Å². The average molecular weight is 277 g/mol. The predicted molar refractivity (Wildman–Crippen MR) is 80.4 cm³/mol. The Morgan fingerprint density at radius 1 is 1.00 bits per heavy atom. The summed E-state index contributed by atoms with van der Waals surface area (Å²) < 4.78 is 13.0. The summed E-state index contributed by atoms with van der Waals surface area (Å²) in [6, 6.07) is 6.83. The Hall–Kier alpha value is -1.13. The maximum Gasteiger partial charge on any atom is 0.123 e. The summed E-state index contributed by atoms with van der Waals surface area (Å²) in [5.41, 5.74) is 7.45. The molecule has 1 aliphatic carbocycles. The van der Waals surface area contributed by atoms with Gasteiger partial charge in [-0.3, -0.25) is 4.90 Å². The molecule has 0 bridgehead atoms. The molecule has 1 saturated carbocycles. The zero-order valence-corrected chi connectivity index (χ0v) is 12.0. The Kier molecular flexibility index (Phi) is 3.94. The van der Waals surface area contributed by atoms with Crippen LogP contribution in [0.5, 0.6) is 0 Å². The monoisotopic (exact) mass is 277 g/mol. The third kappa shape index (κ3) is 2.54. The van der Waals surface area contributed by atoms with E-state index < -0.39 is 0 Å². The largest absolute Gasteiger partial charge is 0.369 e. The first-order valence-corrected chi connectivity index (χ1v) is 7.69. The van der Waals surface area contributed by atoms with Crippen LogP contribution < -0.4 is 10.6 Å². The minimum absolute atomic E-state index is 0.166. The summed E-state index contributed by atoms with van der Waals surface area (Å²) in [6.07, 6.45) is 5.13. The third-order valence-corrected chi connectivity index (χ3v) is 5.06. The van der Waals surface area contributed by atoms with Crippen molar-refractivity contribution < 1.29 is 4.39 Å². The zero-order valence-electron chi connectivity index (χ0n) is 12.0. The molecule has 0 amide bonds. The second-order valence-electron chi connectivity index (χ2n) is 6.09. The number of rotatable bonds is 3. The molecular weight excluding hydrogens is 253 g/mol. The quantitative estimate of drug-likeness (QED) is 0.919. The SMILES string of the molecule is NCC1(N2CCN(c3ccc(F)cc3)CC2)CCCC1. The number of hydrogen-bond donors (Lipinski definition) is 1. The molecule has 1 aliphatic heterocycles. The minimum atomic E-state index is -0.166. The van der Waals surface area contributed by atoms with E-state index in [2.05, 4.69) is 9.80 Å². The molecule has 2 N–H and O–H groups in total. The van der Waals surface area contributed by atoms with Gasteiger partial charge in [0, 0.05) is 44.0 Å². The van der Waals surface area contributed by atoms with Crippen molar-refractivity contribution in [2.75, 3.05) is 37.6 Å². The molecule has 0 spiro atoms. The number of nitrogens with zero attached hydrogens (tertiary/aromatic N) is 2. The summed E-state index contributed by atoms with van der Waals surface area (Å²) >= 11 is 0. The van der Waals surface area contributed by atoms with Crippen LogP contribution in [0.2, 0.25) is 0 Å². The van der Waals surface area contributed by atoms with E-state index in [9.17, 15) is 4.39 Å². The topological polar surface area (TPSA) is 32.5 Å². The molecule has 1 aromatic carbocycles. The second-order valence-corrected chi connectivity index (χ2v) is 6.09. The van der Waals surface area contributed by atoms with Crippen LogP contribution in [-0.4, -0.2) is 43.2 Å². The van der Waals surface area contributed by atoms with Crippen LogP contribution in [-0.2, 0) is 0 Å². The van der Waals surface area contributed by atoms with Crippen LogP contribution in [0.4, 0.5) is 10.1 Å². The van der Waals surface area contributed by atoms with Gasteiger partial charge in [0.15, 0.2) is 0 Å². The molecular formula is C16H24FN3. The van der Waals surface area contributed by atoms with Crippen molar-refractivity contribution in [3.8, 4) is 0 Å². The highest BCUT2D eigenvalue weighted by molar-refractivity contribution is 5.46. The van der Waals surface area contributed by atoms with Crippen LogP contribution in [0.15, 0.2) is 24.3 Å². The maximum atomic E-state index is 13.0. The van der Waals surface area contributed by atoms with Gasteiger partial charge in [-0.15, -0.1) is 0 Å². The molecule has 0 aromatic heterocycles. The Morgan fingerprint density at radius 2 is 1.60 bits per heavy atom. The number of halogens is 1. The lowest BCUT2D eigenvalue weighted by Crippen LogP contribution is -2.59. The first-order chi connectivity index (χ1) is 9.73. The van der Waals surface area contributed by atoms with E-state index in [-0.39, 0.29) is 11.4 Å². The summed E-state index contributed by atoms with van der Waals surface area (Å²) in [5.74, 6) is -0.166. The molecule has 110 valence electrons. The van der Waals surface area contributed by atoms with Crippen molar-refractivity contribution in [2.45, 2.75) is 31.2 Å². The van der Waals surface area contributed by atoms with Gasteiger partial charge in [-0.2, -0.15) is 0 Å². The number of benzene rings is 1. The molecule has 0 unspecified atom stereocenters. The number of nitrogens with two attached hydrogens (primary N) is 1. The smallest absolute Gasteiger partial charge is 0.123 e. The fraction of sp³-hybridized carbons (Fsp3) is 0.625. The highest BCUT2D eigenvalue weighted by atomic mass is 19.1. The van der Waals surface area contributed by atoms with E-state index in [1.54, 1.807) is 12.1 Å². The normalized spacial score (nSPS) is 23.2. The number of piperazine rings is 1. The van der Waals surface area contributed by atoms with Crippen molar-refractivity contribution in [1.29, 1.82) is 0 Å². The standard InChI is InChI=1S/C16H24FN3/c17-14-3-5-15(6-4-14)19-9-11-20(12-10-19)16(13-18)7-1-2-8-16/h3-6H,1-2,7-13,18H2. The van der Waals surface area contributed by atoms with E-state index in [1.807, 2.05) is 12.1 Å². The van der Waals surface area contributed by atoms with Gasteiger partial charge in [0.05, 0.1) is 0 Å². The van der Waals surface area contributed by atoms with Gasteiger partial charge in [-0.1, -0.05) is 12.8 Å². The molecule has 20 heavy (non-hydrogen) atoms. The Labute approximate surface area is 120 Å². The highest BCUT2D eigenvalue weighted by Gasteiger charge is 2.39. The van der Waals surface area contributed by atoms with Crippen molar-refractivity contribution >= 4 is 5.69 Å². The molecule has 0 radical (unpaired) electrons. The zero-order chi connectivity index (χ0) is 14.0. The molecule has 1 saturated heterocycles. The van der Waals surface area contributed by atoms with Crippen LogP contribution in [0.1, 0.15) is 25.7 Å². The average Bonchev–Trinajstić information content (AvgIpc) is 2.98. The lowest BCUT2D eigenvalue weighted by molar-refractivity contribution is 0.0921. The van der Waals surface area contributed by atoms with Crippen LogP contribution in [0.3, 0.4) is 0 Å². The highest BCUT2D eigenvalue weighted by Crippen LogP contribution is 2.35. The summed E-state index contributed by atoms with van der Waals surface area (Å²) in [5, 5.41) is 0. The fourth-order valence-corrected chi connectivity index (χ4v) is 3.77. The Morgan fingerprint density at radius 3 is 2.15 bits per heavy atom. The summed E-state index contributed by atoms with van der Waals surface area (Å²) in [6.45, 7) is 4.92. The molecule has 3 rings (SSSR count). The second kappa shape index (κ2) is 5.70. The number of hydrogen-bond acceptors (Lipinski definition) is 3. The van der Waals surface area contributed by atoms with Gasteiger partial charge in [0.2, 0.25) is 0 Å². The lowest BCUT2D eigenvalue weighted by Gasteiger charge is -2.46. The van der Waals surface area contributed by atoms with Gasteiger partial charge in [0.25, 0.3) is 0 Å². The fourth-order valence-electron chi connectivity index (χ4n) is 3.77. The Bertz CT molecular complexity index is 432. The van der Waals surface area contributed by atoms with Gasteiger partial charge in [-0.25, -0.2) is 4.39 Å². The number of anilines is 1. The first-order valence-electron chi connectivity index (χ1n) is 7.69. The molecule has 0 atom stereocenters. The van der Waals surface area contributed by atoms with E-state index in [1.165, 1.54) is 25.7 Å². The summed E-state index contributed by atoms with van der Waals surface area (Å²) in [7, 11) is 0. The Balaban J connectivity index is 1.63. The predicted octanol–water partition coefficient (Wildman–Crippen LogP) is 2.22. The van der Waals surface area contributed by atoms with Gasteiger partial charge < -0.3 is 10.6 Å². The lowest BCUT2D eigenvalue weighted by atomic mass is 9.94. The van der Waals surface area contributed by atoms with E-state index >= 15 is 0 Å². The van der Waals surface area contributed by atoms with E-state index in [0.717, 1.165) is 38.4 Å². The maximum absolute atomic E-state index is 13.0. The van der Waals surface area contributed by atoms with Gasteiger partial charge in [-0.05, 0) is 37.1 Å². The summed E-state index contributed by atoms with van der Waals surface area (Å²) in [4.78, 5) is 4.94. The van der Waals surface area contributed by atoms with Gasteiger partial charge in [0.1, 0.15) is 5.82 Å². The van der Waals surface area contributed by atoms with E-state index in [0.29, 0.717) is 0 Å². The molecule has 4 heteroatoms. The third-order valence-electron chi connectivity index (χ3n) is 5.06. The van der Waals surface area contributed by atoms with Crippen molar-refractivity contribution in [1.82, 2.24) is 4.90 Å². The van der Waals surface area contributed by atoms with Crippen molar-refractivity contribution in [3.05, 3.63) is 30.1 Å². The molecule has 1 heterocycles. The first kappa shape index (κ1) is 13.8. The minimum Gasteiger partial charge on any atom is -0.369 e. The van der Waals surface area contributed by atoms with Crippen LogP contribution in [0, 0.1) is 5.82 Å². The van der Waals surface area contributed by atoms with Crippen molar-refractivity contribution in [3.63, 3.8) is 0 Å². The van der Waals surface area contributed by atoms with Crippen LogP contribution in [0.25, 0.3) is 0 Å². The molecule has 3 nitrogen and oxygen atoms in total.